The Kier molecular flexibility index (Phi) is 3.27. The molecule has 2 aromatic carbocycles. The molecule has 0 fully saturated rings. The standard InChI is InChI=1S/C15H13FN2S/c16-12-4-5-14-13(9-12)18-15(19-14)11-3-1-2-10(8-11)6-7-17/h1-5,8-9H,6-7,17H2. The summed E-state index contributed by atoms with van der Waals surface area (Å²) in [6.45, 7) is 0.633. The summed E-state index contributed by atoms with van der Waals surface area (Å²) >= 11 is 1.58. The fraction of sp³-hybridized carbons (Fsp3) is 0.133. The van der Waals surface area contributed by atoms with Crippen LogP contribution in [0.3, 0.4) is 0 Å². The highest BCUT2D eigenvalue weighted by Gasteiger charge is 2.07. The molecule has 0 aliphatic heterocycles. The third kappa shape index (κ3) is 2.50. The topological polar surface area (TPSA) is 38.9 Å². The van der Waals surface area contributed by atoms with Crippen molar-refractivity contribution >= 4 is 21.6 Å². The fourth-order valence-electron chi connectivity index (χ4n) is 2.05. The number of nitrogens with zero attached hydrogens (tertiary/aromatic N) is 1. The number of nitrogens with two attached hydrogens (primary N) is 1. The highest BCUT2D eigenvalue weighted by Crippen LogP contribution is 2.30. The van der Waals surface area contributed by atoms with E-state index in [4.69, 9.17) is 5.73 Å². The van der Waals surface area contributed by atoms with Gasteiger partial charge in [0.1, 0.15) is 10.8 Å². The minimum Gasteiger partial charge on any atom is -0.330 e. The number of hydrogen-bond donors (Lipinski definition) is 1. The van der Waals surface area contributed by atoms with Gasteiger partial charge in [-0.1, -0.05) is 18.2 Å². The minimum atomic E-state index is -0.249. The summed E-state index contributed by atoms with van der Waals surface area (Å²) in [5, 5.41) is 0.916. The van der Waals surface area contributed by atoms with Gasteiger partial charge in [0, 0.05) is 11.6 Å². The van der Waals surface area contributed by atoms with Crippen LogP contribution in [0.2, 0.25) is 0 Å². The molecule has 0 atom stereocenters. The van der Waals surface area contributed by atoms with E-state index in [1.165, 1.54) is 17.7 Å². The molecule has 96 valence electrons. The number of thiazole rings is 1. The molecule has 0 spiro atoms. The molecule has 4 heteroatoms. The Balaban J connectivity index is 2.05. The van der Waals surface area contributed by atoms with Gasteiger partial charge in [-0.2, -0.15) is 0 Å². The van der Waals surface area contributed by atoms with Crippen LogP contribution in [-0.4, -0.2) is 11.5 Å². The quantitative estimate of drug-likeness (QED) is 0.791. The molecule has 0 aliphatic rings. The molecule has 1 aromatic heterocycles. The van der Waals surface area contributed by atoms with Crippen LogP contribution in [0.1, 0.15) is 5.56 Å². The second kappa shape index (κ2) is 5.07. The highest BCUT2D eigenvalue weighted by atomic mass is 32.1. The van der Waals surface area contributed by atoms with E-state index in [0.29, 0.717) is 12.1 Å². The van der Waals surface area contributed by atoms with Crippen molar-refractivity contribution in [2.75, 3.05) is 6.54 Å². The predicted octanol–water partition coefficient (Wildman–Crippen LogP) is 3.60. The van der Waals surface area contributed by atoms with E-state index < -0.39 is 0 Å². The van der Waals surface area contributed by atoms with E-state index in [2.05, 4.69) is 17.1 Å². The maximum Gasteiger partial charge on any atom is 0.125 e. The Morgan fingerprint density at radius 1 is 1.16 bits per heavy atom. The second-order valence-corrected chi connectivity index (χ2v) is 5.40. The molecule has 2 nitrogen and oxygen atoms in total. The summed E-state index contributed by atoms with van der Waals surface area (Å²) in [6, 6.07) is 12.9. The Bertz CT molecular complexity index is 721. The molecule has 0 aliphatic carbocycles. The molecule has 0 saturated carbocycles. The van der Waals surface area contributed by atoms with Gasteiger partial charge in [0.05, 0.1) is 10.2 Å². The molecular weight excluding hydrogens is 259 g/mol. The van der Waals surface area contributed by atoms with Crippen LogP contribution >= 0.6 is 11.3 Å². The summed E-state index contributed by atoms with van der Waals surface area (Å²) < 4.78 is 14.2. The average Bonchev–Trinajstić information content (AvgIpc) is 2.82. The van der Waals surface area contributed by atoms with Crippen molar-refractivity contribution in [3.8, 4) is 10.6 Å². The van der Waals surface area contributed by atoms with Crippen LogP contribution in [0, 0.1) is 5.82 Å². The first-order chi connectivity index (χ1) is 9.26. The highest BCUT2D eigenvalue weighted by molar-refractivity contribution is 7.21. The lowest BCUT2D eigenvalue weighted by Gasteiger charge is -2.01. The van der Waals surface area contributed by atoms with E-state index >= 15 is 0 Å². The number of fused-ring (bicyclic) bond motifs is 1. The monoisotopic (exact) mass is 272 g/mol. The zero-order valence-electron chi connectivity index (χ0n) is 10.3. The van der Waals surface area contributed by atoms with Gasteiger partial charge in [0.2, 0.25) is 0 Å². The van der Waals surface area contributed by atoms with Crippen molar-refractivity contribution in [1.82, 2.24) is 4.98 Å². The van der Waals surface area contributed by atoms with Gasteiger partial charge in [-0.15, -0.1) is 11.3 Å². The van der Waals surface area contributed by atoms with Gasteiger partial charge in [-0.3, -0.25) is 0 Å². The smallest absolute Gasteiger partial charge is 0.125 e. The zero-order chi connectivity index (χ0) is 13.2. The largest absolute Gasteiger partial charge is 0.330 e. The fourth-order valence-corrected chi connectivity index (χ4v) is 2.99. The average molecular weight is 272 g/mol. The molecule has 0 saturated heterocycles. The van der Waals surface area contributed by atoms with Gasteiger partial charge in [0.25, 0.3) is 0 Å². The maximum atomic E-state index is 13.2. The van der Waals surface area contributed by atoms with Gasteiger partial charge in [-0.25, -0.2) is 9.37 Å². The second-order valence-electron chi connectivity index (χ2n) is 4.37. The van der Waals surface area contributed by atoms with Crippen molar-refractivity contribution < 1.29 is 4.39 Å². The Morgan fingerprint density at radius 2 is 2.05 bits per heavy atom. The molecule has 2 N–H and O–H groups in total. The van der Waals surface area contributed by atoms with Gasteiger partial charge in [-0.05, 0) is 36.7 Å². The first-order valence-corrected chi connectivity index (χ1v) is 6.93. The Labute approximate surface area is 114 Å². The molecule has 0 unspecified atom stereocenters. The molecular formula is C15H13FN2S. The summed E-state index contributed by atoms with van der Waals surface area (Å²) in [6.07, 6.45) is 0.855. The first-order valence-electron chi connectivity index (χ1n) is 6.12. The third-order valence-electron chi connectivity index (χ3n) is 2.96. The van der Waals surface area contributed by atoms with Crippen LogP contribution in [0.4, 0.5) is 4.39 Å². The molecule has 0 amide bonds. The van der Waals surface area contributed by atoms with Crippen LogP contribution in [0.25, 0.3) is 20.8 Å². The van der Waals surface area contributed by atoms with E-state index in [1.807, 2.05) is 12.1 Å². The van der Waals surface area contributed by atoms with E-state index in [9.17, 15) is 4.39 Å². The van der Waals surface area contributed by atoms with E-state index in [-0.39, 0.29) is 5.82 Å². The Hall–Kier alpha value is -1.78. The van der Waals surface area contributed by atoms with Gasteiger partial charge in [0.15, 0.2) is 0 Å². The zero-order valence-corrected chi connectivity index (χ0v) is 11.1. The maximum absolute atomic E-state index is 13.2. The van der Waals surface area contributed by atoms with E-state index in [1.54, 1.807) is 17.4 Å². The lowest BCUT2D eigenvalue weighted by molar-refractivity contribution is 0.629. The van der Waals surface area contributed by atoms with Crippen LogP contribution in [0.15, 0.2) is 42.5 Å². The number of benzene rings is 2. The molecule has 19 heavy (non-hydrogen) atoms. The normalized spacial score (nSPS) is 11.1. The minimum absolute atomic E-state index is 0.249. The molecule has 0 bridgehead atoms. The molecule has 1 heterocycles. The molecule has 3 aromatic rings. The molecule has 3 rings (SSSR count). The number of hydrogen-bond acceptors (Lipinski definition) is 3. The van der Waals surface area contributed by atoms with Gasteiger partial charge < -0.3 is 5.73 Å². The molecule has 0 radical (unpaired) electrons. The summed E-state index contributed by atoms with van der Waals surface area (Å²) in [5.41, 5.74) is 8.55. The SMILES string of the molecule is NCCc1cccc(-c2nc3cc(F)ccc3s2)c1. The lowest BCUT2D eigenvalue weighted by Crippen LogP contribution is -2.02. The number of aromatic nitrogens is 1. The van der Waals surface area contributed by atoms with Crippen LogP contribution in [-0.2, 0) is 6.42 Å². The summed E-state index contributed by atoms with van der Waals surface area (Å²) in [5.74, 6) is -0.249. The number of rotatable bonds is 3. The van der Waals surface area contributed by atoms with Crippen LogP contribution in [0.5, 0.6) is 0 Å². The summed E-state index contributed by atoms with van der Waals surface area (Å²) in [4.78, 5) is 4.49. The van der Waals surface area contributed by atoms with Crippen molar-refractivity contribution in [3.63, 3.8) is 0 Å². The lowest BCUT2D eigenvalue weighted by atomic mass is 10.1. The number of halogens is 1. The van der Waals surface area contributed by atoms with Crippen molar-refractivity contribution in [2.45, 2.75) is 6.42 Å². The van der Waals surface area contributed by atoms with E-state index in [0.717, 1.165) is 21.7 Å². The Morgan fingerprint density at radius 3 is 2.89 bits per heavy atom. The van der Waals surface area contributed by atoms with Crippen molar-refractivity contribution in [1.29, 1.82) is 0 Å². The van der Waals surface area contributed by atoms with Gasteiger partial charge >= 0.3 is 0 Å². The van der Waals surface area contributed by atoms with Crippen LogP contribution < -0.4 is 5.73 Å². The van der Waals surface area contributed by atoms with Crippen molar-refractivity contribution in [2.24, 2.45) is 5.73 Å². The third-order valence-corrected chi connectivity index (χ3v) is 4.04. The predicted molar refractivity (Wildman–Crippen MR) is 77.8 cm³/mol. The first kappa shape index (κ1) is 12.3. The summed E-state index contributed by atoms with van der Waals surface area (Å²) in [7, 11) is 0. The van der Waals surface area contributed by atoms with Crippen molar-refractivity contribution in [3.05, 3.63) is 53.8 Å².